The first-order valence-electron chi connectivity index (χ1n) is 8.60. The van der Waals surface area contributed by atoms with Crippen molar-refractivity contribution in [3.63, 3.8) is 0 Å². The van der Waals surface area contributed by atoms with Crippen molar-refractivity contribution in [2.24, 2.45) is 0 Å². The number of benzene rings is 1. The van der Waals surface area contributed by atoms with Gasteiger partial charge in [0.25, 0.3) is 0 Å². The fourth-order valence-electron chi connectivity index (χ4n) is 3.25. The predicted molar refractivity (Wildman–Crippen MR) is 94.4 cm³/mol. The second kappa shape index (κ2) is 7.29. The average molecular weight is 369 g/mol. The zero-order valence-electron chi connectivity index (χ0n) is 14.4. The van der Waals surface area contributed by atoms with Gasteiger partial charge in [-0.1, -0.05) is 12.1 Å². The lowest BCUT2D eigenvalue weighted by molar-refractivity contribution is -0.131. The van der Waals surface area contributed by atoms with E-state index < -0.39 is 10.0 Å². The Morgan fingerprint density at radius 1 is 1.20 bits per heavy atom. The zero-order valence-corrected chi connectivity index (χ0v) is 15.2. The number of sulfonamides is 1. The van der Waals surface area contributed by atoms with Crippen molar-refractivity contribution < 1.29 is 17.6 Å². The molecule has 6 nitrogen and oxygen atoms in total. The summed E-state index contributed by atoms with van der Waals surface area (Å²) >= 11 is 0. The summed E-state index contributed by atoms with van der Waals surface area (Å²) < 4.78 is 38.9. The summed E-state index contributed by atoms with van der Waals surface area (Å²) in [6, 6.07) is 6.71. The molecule has 1 saturated carbocycles. The first-order chi connectivity index (χ1) is 11.9. The fourth-order valence-corrected chi connectivity index (χ4v) is 4.43. The molecule has 8 heteroatoms. The number of piperazine rings is 1. The molecule has 0 radical (unpaired) electrons. The standard InChI is InChI=1S/C17H24FN3O3S/c1-25(23,24)21(14-6-7-14)9-8-17(22)20-12-10-19(11-13-20)16-5-3-2-4-15(16)18/h2-5,14H,6-13H2,1H3. The molecule has 0 N–H and O–H groups in total. The SMILES string of the molecule is CS(=O)(=O)N(CCC(=O)N1CCN(c2ccccc2F)CC1)C1CC1. The molecule has 1 amide bonds. The molecule has 0 bridgehead atoms. The molecule has 0 spiro atoms. The van der Waals surface area contributed by atoms with Crippen molar-refractivity contribution in [2.75, 3.05) is 43.9 Å². The number of anilines is 1. The fraction of sp³-hybridized carbons (Fsp3) is 0.588. The summed E-state index contributed by atoms with van der Waals surface area (Å²) in [5.74, 6) is -0.294. The van der Waals surface area contributed by atoms with Crippen molar-refractivity contribution in [3.05, 3.63) is 30.1 Å². The molecule has 0 unspecified atom stereocenters. The summed E-state index contributed by atoms with van der Waals surface area (Å²) in [5, 5.41) is 0. The molecule has 1 aliphatic carbocycles. The van der Waals surface area contributed by atoms with Crippen LogP contribution in [-0.2, 0) is 14.8 Å². The third-order valence-electron chi connectivity index (χ3n) is 4.75. The Morgan fingerprint density at radius 2 is 1.84 bits per heavy atom. The van der Waals surface area contributed by atoms with Crippen LogP contribution in [0.5, 0.6) is 0 Å². The van der Waals surface area contributed by atoms with E-state index in [1.807, 2.05) is 4.90 Å². The highest BCUT2D eigenvalue weighted by atomic mass is 32.2. The number of amides is 1. The minimum absolute atomic E-state index is 0.0394. The van der Waals surface area contributed by atoms with Crippen molar-refractivity contribution in [1.29, 1.82) is 0 Å². The molecule has 2 fully saturated rings. The van der Waals surface area contributed by atoms with E-state index in [-0.39, 0.29) is 30.7 Å². The van der Waals surface area contributed by atoms with Crippen molar-refractivity contribution in [2.45, 2.75) is 25.3 Å². The summed E-state index contributed by atoms with van der Waals surface area (Å²) in [5.41, 5.74) is 0.562. The van der Waals surface area contributed by atoms with E-state index in [1.165, 1.54) is 16.6 Å². The topological polar surface area (TPSA) is 60.9 Å². The highest BCUT2D eigenvalue weighted by Gasteiger charge is 2.35. The van der Waals surface area contributed by atoms with Gasteiger partial charge in [-0.05, 0) is 25.0 Å². The lowest BCUT2D eigenvalue weighted by atomic mass is 10.2. The maximum absolute atomic E-state index is 13.8. The minimum Gasteiger partial charge on any atom is -0.366 e. The Balaban J connectivity index is 1.51. The van der Waals surface area contributed by atoms with E-state index >= 15 is 0 Å². The molecule has 2 aliphatic rings. The molecule has 0 aromatic heterocycles. The van der Waals surface area contributed by atoms with Crippen LogP contribution in [0.3, 0.4) is 0 Å². The highest BCUT2D eigenvalue weighted by molar-refractivity contribution is 7.88. The van der Waals surface area contributed by atoms with E-state index in [4.69, 9.17) is 0 Å². The Kier molecular flexibility index (Phi) is 5.29. The van der Waals surface area contributed by atoms with Gasteiger partial charge in [0.15, 0.2) is 0 Å². The van der Waals surface area contributed by atoms with Crippen molar-refractivity contribution in [3.8, 4) is 0 Å². The molecule has 25 heavy (non-hydrogen) atoms. The third-order valence-corrected chi connectivity index (χ3v) is 6.08. The Labute approximate surface area is 148 Å². The normalized spacial score (nSPS) is 18.7. The monoisotopic (exact) mass is 369 g/mol. The second-order valence-corrected chi connectivity index (χ2v) is 8.61. The van der Waals surface area contributed by atoms with Crippen LogP contribution in [0.4, 0.5) is 10.1 Å². The van der Waals surface area contributed by atoms with Crippen LogP contribution in [0.25, 0.3) is 0 Å². The summed E-state index contributed by atoms with van der Waals surface area (Å²) in [6.07, 6.45) is 3.15. The predicted octanol–water partition coefficient (Wildman–Crippen LogP) is 1.29. The average Bonchev–Trinajstić information content (AvgIpc) is 3.39. The van der Waals surface area contributed by atoms with Crippen LogP contribution >= 0.6 is 0 Å². The van der Waals surface area contributed by atoms with Gasteiger partial charge in [0, 0.05) is 45.2 Å². The number of carbonyl (C=O) groups is 1. The van der Waals surface area contributed by atoms with E-state index in [0.29, 0.717) is 31.9 Å². The summed E-state index contributed by atoms with van der Waals surface area (Å²) in [6.45, 7) is 2.44. The molecule has 1 aliphatic heterocycles. The van der Waals surface area contributed by atoms with Crippen LogP contribution in [0.2, 0.25) is 0 Å². The molecule has 1 heterocycles. The quantitative estimate of drug-likeness (QED) is 0.758. The van der Waals surface area contributed by atoms with Gasteiger partial charge in [0.05, 0.1) is 11.9 Å². The largest absolute Gasteiger partial charge is 0.366 e. The van der Waals surface area contributed by atoms with E-state index in [2.05, 4.69) is 0 Å². The maximum Gasteiger partial charge on any atom is 0.224 e. The molecule has 1 saturated heterocycles. The number of hydrogen-bond donors (Lipinski definition) is 0. The molecular weight excluding hydrogens is 345 g/mol. The zero-order chi connectivity index (χ0) is 18.0. The summed E-state index contributed by atoms with van der Waals surface area (Å²) in [7, 11) is -3.26. The first kappa shape index (κ1) is 18.1. The van der Waals surface area contributed by atoms with Crippen LogP contribution in [0.15, 0.2) is 24.3 Å². The third kappa shape index (κ3) is 4.49. The Morgan fingerprint density at radius 3 is 2.40 bits per heavy atom. The molecule has 0 atom stereocenters. The lowest BCUT2D eigenvalue weighted by Crippen LogP contribution is -2.49. The lowest BCUT2D eigenvalue weighted by Gasteiger charge is -2.36. The van der Waals surface area contributed by atoms with Gasteiger partial charge >= 0.3 is 0 Å². The van der Waals surface area contributed by atoms with Crippen LogP contribution < -0.4 is 4.90 Å². The number of nitrogens with zero attached hydrogens (tertiary/aromatic N) is 3. The van der Waals surface area contributed by atoms with Gasteiger partial charge in [0.2, 0.25) is 15.9 Å². The summed E-state index contributed by atoms with van der Waals surface area (Å²) in [4.78, 5) is 16.1. The van der Waals surface area contributed by atoms with Gasteiger partial charge in [0.1, 0.15) is 5.82 Å². The van der Waals surface area contributed by atoms with Gasteiger partial charge in [-0.25, -0.2) is 12.8 Å². The van der Waals surface area contributed by atoms with Crippen LogP contribution in [0, 0.1) is 5.82 Å². The van der Waals surface area contributed by atoms with E-state index in [1.54, 1.807) is 23.1 Å². The first-order valence-corrected chi connectivity index (χ1v) is 10.4. The van der Waals surface area contributed by atoms with E-state index in [9.17, 15) is 17.6 Å². The van der Waals surface area contributed by atoms with Gasteiger partial charge in [-0.3, -0.25) is 4.79 Å². The number of rotatable bonds is 6. The van der Waals surface area contributed by atoms with E-state index in [0.717, 1.165) is 12.8 Å². The van der Waals surface area contributed by atoms with Crippen molar-refractivity contribution in [1.82, 2.24) is 9.21 Å². The highest BCUT2D eigenvalue weighted by Crippen LogP contribution is 2.29. The molecule has 138 valence electrons. The smallest absolute Gasteiger partial charge is 0.224 e. The van der Waals surface area contributed by atoms with Gasteiger partial charge in [-0.15, -0.1) is 0 Å². The number of para-hydroxylation sites is 1. The van der Waals surface area contributed by atoms with Gasteiger partial charge < -0.3 is 9.80 Å². The maximum atomic E-state index is 13.8. The Bertz CT molecular complexity index is 728. The number of hydrogen-bond acceptors (Lipinski definition) is 4. The van der Waals surface area contributed by atoms with Crippen molar-refractivity contribution >= 4 is 21.6 Å². The van der Waals surface area contributed by atoms with Gasteiger partial charge in [-0.2, -0.15) is 4.31 Å². The molecular formula is C17H24FN3O3S. The molecule has 3 rings (SSSR count). The van der Waals surface area contributed by atoms with Crippen LogP contribution in [-0.4, -0.2) is 68.6 Å². The van der Waals surface area contributed by atoms with Crippen LogP contribution in [0.1, 0.15) is 19.3 Å². The minimum atomic E-state index is -3.26. The second-order valence-electron chi connectivity index (χ2n) is 6.67. The Hall–Kier alpha value is -1.67. The number of halogens is 1. The molecule has 1 aromatic carbocycles. The number of carbonyl (C=O) groups excluding carboxylic acids is 1. The molecule has 1 aromatic rings.